The Balaban J connectivity index is 3.10. The van der Waals surface area contributed by atoms with Crippen molar-refractivity contribution in [3.05, 3.63) is 35.9 Å². The standard InChI is InChI=1S/C24H38N6O6S/c1-37-12-10-18(24(35)36)29-23(34)19(13-15-7-3-2-4-8-15)30-22(33)17(9-5-6-11-25)28-21(32)16(26)14-20(27)31/h2-4,7-8,16-19H,5-6,9-14,25-26H2,1H3,(H2,27,31)(H,28,32)(H,29,34)(H,30,33)(H,35,36). The number of unbranched alkanes of at least 4 members (excludes halogenated alkanes) is 1. The molecule has 12 nitrogen and oxygen atoms in total. The zero-order valence-electron chi connectivity index (χ0n) is 21.0. The van der Waals surface area contributed by atoms with Crippen LogP contribution in [0.25, 0.3) is 0 Å². The molecule has 0 radical (unpaired) electrons. The van der Waals surface area contributed by atoms with Gasteiger partial charge in [0.1, 0.15) is 18.1 Å². The van der Waals surface area contributed by atoms with Gasteiger partial charge in [0.05, 0.1) is 12.5 Å². The van der Waals surface area contributed by atoms with Gasteiger partial charge in [-0.3, -0.25) is 19.2 Å². The number of nitrogens with one attached hydrogen (secondary N) is 3. The molecule has 4 unspecified atom stereocenters. The molecule has 4 atom stereocenters. The van der Waals surface area contributed by atoms with Crippen molar-refractivity contribution in [2.24, 2.45) is 17.2 Å². The van der Waals surface area contributed by atoms with Gasteiger partial charge in [0.25, 0.3) is 0 Å². The van der Waals surface area contributed by atoms with E-state index in [0.29, 0.717) is 25.1 Å². The normalized spacial score (nSPS) is 14.0. The van der Waals surface area contributed by atoms with E-state index in [0.717, 1.165) is 5.56 Å². The van der Waals surface area contributed by atoms with Gasteiger partial charge in [-0.1, -0.05) is 30.3 Å². The van der Waals surface area contributed by atoms with Gasteiger partial charge in [-0.15, -0.1) is 0 Å². The number of hydrogen-bond acceptors (Lipinski definition) is 8. The Hall–Kier alpha value is -3.16. The first kappa shape index (κ1) is 31.9. The highest BCUT2D eigenvalue weighted by Crippen LogP contribution is 2.08. The maximum absolute atomic E-state index is 13.2. The van der Waals surface area contributed by atoms with Gasteiger partial charge in [0.2, 0.25) is 23.6 Å². The van der Waals surface area contributed by atoms with Crippen molar-refractivity contribution in [2.75, 3.05) is 18.6 Å². The van der Waals surface area contributed by atoms with Gasteiger partial charge >= 0.3 is 5.97 Å². The van der Waals surface area contributed by atoms with E-state index >= 15 is 0 Å². The van der Waals surface area contributed by atoms with Crippen LogP contribution in [-0.2, 0) is 30.4 Å². The number of rotatable bonds is 18. The van der Waals surface area contributed by atoms with E-state index in [4.69, 9.17) is 17.2 Å². The Bertz CT molecular complexity index is 903. The maximum Gasteiger partial charge on any atom is 0.326 e. The van der Waals surface area contributed by atoms with Crippen LogP contribution in [0.5, 0.6) is 0 Å². The summed E-state index contributed by atoms with van der Waals surface area (Å²) in [5.74, 6) is -3.47. The van der Waals surface area contributed by atoms with Crippen LogP contribution in [0.1, 0.15) is 37.7 Å². The van der Waals surface area contributed by atoms with Gasteiger partial charge < -0.3 is 38.3 Å². The third kappa shape index (κ3) is 12.6. The fourth-order valence-corrected chi connectivity index (χ4v) is 3.92. The Morgan fingerprint density at radius 1 is 0.892 bits per heavy atom. The summed E-state index contributed by atoms with van der Waals surface area (Å²) in [5, 5.41) is 17.2. The molecular weight excluding hydrogens is 500 g/mol. The Morgan fingerprint density at radius 2 is 1.49 bits per heavy atom. The Kier molecular flexibility index (Phi) is 14.9. The molecule has 1 aromatic carbocycles. The number of hydrogen-bond donors (Lipinski definition) is 7. The van der Waals surface area contributed by atoms with Crippen LogP contribution in [0.3, 0.4) is 0 Å². The molecule has 0 aliphatic carbocycles. The number of benzene rings is 1. The second-order valence-corrected chi connectivity index (χ2v) is 9.54. The Labute approximate surface area is 220 Å². The topological polar surface area (TPSA) is 220 Å². The van der Waals surface area contributed by atoms with Crippen LogP contribution < -0.4 is 33.2 Å². The van der Waals surface area contributed by atoms with Crippen LogP contribution in [0, 0.1) is 0 Å². The predicted octanol–water partition coefficient (Wildman–Crippen LogP) is -1.15. The molecule has 0 spiro atoms. The number of carbonyl (C=O) groups is 5. The number of nitrogens with two attached hydrogens (primary N) is 3. The molecule has 0 aliphatic rings. The number of amides is 4. The van der Waals surface area contributed by atoms with Crippen LogP contribution in [0.4, 0.5) is 0 Å². The number of carboxylic acids is 1. The zero-order chi connectivity index (χ0) is 27.8. The van der Waals surface area contributed by atoms with E-state index in [1.807, 2.05) is 6.26 Å². The average Bonchev–Trinajstić information content (AvgIpc) is 2.85. The largest absolute Gasteiger partial charge is 0.480 e. The van der Waals surface area contributed by atoms with Gasteiger partial charge in [0.15, 0.2) is 0 Å². The highest BCUT2D eigenvalue weighted by molar-refractivity contribution is 7.98. The molecule has 0 saturated carbocycles. The average molecular weight is 539 g/mol. The number of primary amides is 1. The van der Waals surface area contributed by atoms with Crippen molar-refractivity contribution >= 4 is 41.4 Å². The first-order valence-corrected chi connectivity index (χ1v) is 13.4. The smallest absolute Gasteiger partial charge is 0.326 e. The molecule has 0 bridgehead atoms. The van der Waals surface area contributed by atoms with E-state index < -0.39 is 60.2 Å². The Morgan fingerprint density at radius 3 is 2.05 bits per heavy atom. The molecule has 4 amide bonds. The summed E-state index contributed by atoms with van der Waals surface area (Å²) in [7, 11) is 0. The van der Waals surface area contributed by atoms with E-state index in [-0.39, 0.29) is 19.3 Å². The van der Waals surface area contributed by atoms with Crippen LogP contribution in [0.15, 0.2) is 30.3 Å². The maximum atomic E-state index is 13.2. The van der Waals surface area contributed by atoms with Gasteiger partial charge in [-0.25, -0.2) is 4.79 Å². The van der Waals surface area contributed by atoms with E-state index in [1.165, 1.54) is 11.8 Å². The summed E-state index contributed by atoms with van der Waals surface area (Å²) in [6.07, 6.45) is 3.05. The summed E-state index contributed by atoms with van der Waals surface area (Å²) in [4.78, 5) is 61.6. The van der Waals surface area contributed by atoms with Crippen LogP contribution in [0.2, 0.25) is 0 Å². The summed E-state index contributed by atoms with van der Waals surface area (Å²) >= 11 is 1.45. The van der Waals surface area contributed by atoms with Crippen molar-refractivity contribution in [3.63, 3.8) is 0 Å². The highest BCUT2D eigenvalue weighted by atomic mass is 32.2. The second kappa shape index (κ2) is 17.3. The van der Waals surface area contributed by atoms with E-state index in [9.17, 15) is 29.1 Å². The lowest BCUT2D eigenvalue weighted by molar-refractivity contribution is -0.142. The lowest BCUT2D eigenvalue weighted by Crippen LogP contribution is -2.57. The van der Waals surface area contributed by atoms with Crippen LogP contribution >= 0.6 is 11.8 Å². The van der Waals surface area contributed by atoms with Gasteiger partial charge in [0, 0.05) is 6.42 Å². The molecule has 0 fully saturated rings. The number of carbonyl (C=O) groups excluding carboxylic acids is 4. The fourth-order valence-electron chi connectivity index (χ4n) is 3.45. The third-order valence-corrected chi connectivity index (χ3v) is 6.12. The van der Waals surface area contributed by atoms with Gasteiger partial charge in [-0.2, -0.15) is 11.8 Å². The van der Waals surface area contributed by atoms with Gasteiger partial charge in [-0.05, 0) is 49.8 Å². The van der Waals surface area contributed by atoms with Crippen molar-refractivity contribution in [1.82, 2.24) is 16.0 Å². The van der Waals surface area contributed by atoms with Crippen molar-refractivity contribution in [3.8, 4) is 0 Å². The molecule has 10 N–H and O–H groups in total. The first-order valence-electron chi connectivity index (χ1n) is 12.0. The molecule has 37 heavy (non-hydrogen) atoms. The molecular formula is C24H38N6O6S. The lowest BCUT2D eigenvalue weighted by atomic mass is 10.0. The predicted molar refractivity (Wildman–Crippen MR) is 141 cm³/mol. The lowest BCUT2D eigenvalue weighted by Gasteiger charge is -2.25. The third-order valence-electron chi connectivity index (χ3n) is 5.48. The summed E-state index contributed by atoms with van der Waals surface area (Å²) < 4.78 is 0. The summed E-state index contributed by atoms with van der Waals surface area (Å²) in [6.45, 7) is 0.384. The highest BCUT2D eigenvalue weighted by Gasteiger charge is 2.30. The first-order chi connectivity index (χ1) is 17.6. The van der Waals surface area contributed by atoms with Crippen molar-refractivity contribution < 1.29 is 29.1 Å². The zero-order valence-corrected chi connectivity index (χ0v) is 21.8. The van der Waals surface area contributed by atoms with E-state index in [2.05, 4.69) is 16.0 Å². The van der Waals surface area contributed by atoms with Crippen molar-refractivity contribution in [1.29, 1.82) is 0 Å². The minimum Gasteiger partial charge on any atom is -0.480 e. The molecule has 206 valence electrons. The number of thioether (sulfide) groups is 1. The summed E-state index contributed by atoms with van der Waals surface area (Å²) in [6, 6.07) is 4.38. The quantitative estimate of drug-likeness (QED) is 0.112. The molecule has 0 saturated heterocycles. The molecule has 13 heteroatoms. The molecule has 1 aromatic rings. The minimum atomic E-state index is -1.24. The molecule has 1 rings (SSSR count). The SMILES string of the molecule is CSCCC(NC(=O)C(Cc1ccccc1)NC(=O)C(CCCCN)NC(=O)C(N)CC(N)=O)C(=O)O. The number of aliphatic carboxylic acids is 1. The summed E-state index contributed by atoms with van der Waals surface area (Å²) in [5.41, 5.74) is 17.1. The molecule has 0 aromatic heterocycles. The van der Waals surface area contributed by atoms with Crippen LogP contribution in [-0.4, -0.2) is 77.4 Å². The van der Waals surface area contributed by atoms with E-state index in [1.54, 1.807) is 30.3 Å². The monoisotopic (exact) mass is 538 g/mol. The minimum absolute atomic E-state index is 0.0952. The van der Waals surface area contributed by atoms with Crippen molar-refractivity contribution in [2.45, 2.75) is 62.7 Å². The second-order valence-electron chi connectivity index (χ2n) is 8.55. The fraction of sp³-hybridized carbons (Fsp3) is 0.542. The number of carboxylic acid groups (broad SMARTS) is 1. The molecule has 0 aliphatic heterocycles. The molecule has 0 heterocycles.